The first-order valence-corrected chi connectivity index (χ1v) is 5.03. The van der Waals surface area contributed by atoms with E-state index in [1.165, 1.54) is 25.7 Å². The minimum absolute atomic E-state index is 0.0353. The van der Waals surface area contributed by atoms with Crippen LogP contribution in [0.25, 0.3) is 0 Å². The van der Waals surface area contributed by atoms with E-state index in [-0.39, 0.29) is 5.25 Å². The van der Waals surface area contributed by atoms with E-state index >= 15 is 0 Å². The summed E-state index contributed by atoms with van der Waals surface area (Å²) in [6.07, 6.45) is 7.82. The van der Waals surface area contributed by atoms with Crippen LogP contribution in [0.5, 0.6) is 0 Å². The Morgan fingerprint density at radius 2 is 1.73 bits per heavy atom. The fourth-order valence-corrected chi connectivity index (χ4v) is 1.81. The van der Waals surface area contributed by atoms with Crippen LogP contribution in [0.1, 0.15) is 44.9 Å². The van der Waals surface area contributed by atoms with Gasteiger partial charge in [-0.05, 0) is 12.8 Å². The predicted octanol–water partition coefficient (Wildman–Crippen LogP) is 2.60. The zero-order valence-corrected chi connectivity index (χ0v) is 7.78. The van der Waals surface area contributed by atoms with E-state index in [0.29, 0.717) is 5.78 Å². The van der Waals surface area contributed by atoms with Gasteiger partial charge in [-0.1, -0.05) is 25.7 Å². The van der Waals surface area contributed by atoms with Gasteiger partial charge in [-0.3, -0.25) is 4.79 Å². The van der Waals surface area contributed by atoms with Crippen molar-refractivity contribution in [2.45, 2.75) is 50.2 Å². The second-order valence-electron chi connectivity index (χ2n) is 3.29. The van der Waals surface area contributed by atoms with Crippen LogP contribution in [0, 0.1) is 0 Å². The number of rotatable bonds is 0. The zero-order valence-electron chi connectivity index (χ0n) is 6.88. The number of carbonyl (C=O) groups is 1. The van der Waals surface area contributed by atoms with Crippen molar-refractivity contribution in [3.8, 4) is 0 Å². The molecule has 0 amide bonds. The highest BCUT2D eigenvalue weighted by molar-refractivity contribution is 7.81. The van der Waals surface area contributed by atoms with E-state index in [4.69, 9.17) is 0 Å². The van der Waals surface area contributed by atoms with Crippen LogP contribution in [-0.4, -0.2) is 11.0 Å². The van der Waals surface area contributed by atoms with Crippen LogP contribution in [0.15, 0.2) is 0 Å². The molecule has 0 aromatic heterocycles. The quantitative estimate of drug-likeness (QED) is 0.556. The SMILES string of the molecule is O=C1CCCCCCCC1S. The molecule has 1 aliphatic carbocycles. The summed E-state index contributed by atoms with van der Waals surface area (Å²) < 4.78 is 0. The van der Waals surface area contributed by atoms with Gasteiger partial charge in [0, 0.05) is 6.42 Å². The minimum Gasteiger partial charge on any atom is -0.298 e. The van der Waals surface area contributed by atoms with Gasteiger partial charge >= 0.3 is 0 Å². The minimum atomic E-state index is 0.0353. The van der Waals surface area contributed by atoms with Crippen LogP contribution >= 0.6 is 12.6 Å². The molecule has 0 spiro atoms. The van der Waals surface area contributed by atoms with Gasteiger partial charge in [0.05, 0.1) is 5.25 Å². The number of hydrogen-bond acceptors (Lipinski definition) is 2. The van der Waals surface area contributed by atoms with E-state index in [2.05, 4.69) is 12.6 Å². The van der Waals surface area contributed by atoms with Gasteiger partial charge in [-0.15, -0.1) is 0 Å². The molecule has 0 heterocycles. The van der Waals surface area contributed by atoms with E-state index < -0.39 is 0 Å². The molecule has 0 aliphatic heterocycles. The summed E-state index contributed by atoms with van der Waals surface area (Å²) >= 11 is 4.27. The number of Topliss-reactive ketones (excluding diaryl/α,β-unsaturated/α-hetero) is 1. The fraction of sp³-hybridized carbons (Fsp3) is 0.889. The van der Waals surface area contributed by atoms with Crippen molar-refractivity contribution in [1.29, 1.82) is 0 Å². The van der Waals surface area contributed by atoms with Gasteiger partial charge in [-0.2, -0.15) is 12.6 Å². The molecule has 0 radical (unpaired) electrons. The lowest BCUT2D eigenvalue weighted by Crippen LogP contribution is -2.13. The topological polar surface area (TPSA) is 17.1 Å². The molecule has 0 aromatic rings. The standard InChI is InChI=1S/C9H16OS/c10-8-6-4-2-1-3-5-7-9(8)11/h9,11H,1-7H2. The lowest BCUT2D eigenvalue weighted by molar-refractivity contribution is -0.118. The summed E-state index contributed by atoms with van der Waals surface area (Å²) in [6.45, 7) is 0. The van der Waals surface area contributed by atoms with Gasteiger partial charge in [0.2, 0.25) is 0 Å². The number of thiol groups is 1. The first-order valence-electron chi connectivity index (χ1n) is 4.51. The molecule has 0 N–H and O–H groups in total. The highest BCUT2D eigenvalue weighted by Gasteiger charge is 2.14. The Bertz CT molecular complexity index is 134. The third-order valence-corrected chi connectivity index (χ3v) is 2.82. The van der Waals surface area contributed by atoms with Crippen LogP contribution in [-0.2, 0) is 4.79 Å². The lowest BCUT2D eigenvalue weighted by Gasteiger charge is -2.05. The van der Waals surface area contributed by atoms with Crippen molar-refractivity contribution in [3.05, 3.63) is 0 Å². The zero-order chi connectivity index (χ0) is 8.10. The van der Waals surface area contributed by atoms with Crippen LogP contribution in [0.2, 0.25) is 0 Å². The first kappa shape index (κ1) is 9.11. The van der Waals surface area contributed by atoms with Crippen LogP contribution in [0.3, 0.4) is 0 Å². The Morgan fingerprint density at radius 3 is 2.55 bits per heavy atom. The van der Waals surface area contributed by atoms with Crippen molar-refractivity contribution in [3.63, 3.8) is 0 Å². The Hall–Kier alpha value is 0.0200. The first-order chi connectivity index (χ1) is 5.30. The van der Waals surface area contributed by atoms with Gasteiger partial charge in [-0.25, -0.2) is 0 Å². The Labute approximate surface area is 74.0 Å². The Morgan fingerprint density at radius 1 is 1.09 bits per heavy atom. The molecule has 0 aromatic carbocycles. The van der Waals surface area contributed by atoms with Gasteiger partial charge in [0.1, 0.15) is 5.78 Å². The summed E-state index contributed by atoms with van der Waals surface area (Å²) in [5, 5.41) is 0.0353. The monoisotopic (exact) mass is 172 g/mol. The maximum atomic E-state index is 11.2. The molecular weight excluding hydrogens is 156 g/mol. The van der Waals surface area contributed by atoms with Crippen LogP contribution < -0.4 is 0 Å². The molecule has 1 unspecified atom stereocenters. The van der Waals surface area contributed by atoms with Gasteiger partial charge in [0.15, 0.2) is 0 Å². The van der Waals surface area contributed by atoms with E-state index in [1.807, 2.05) is 0 Å². The third kappa shape index (κ3) is 3.28. The summed E-state index contributed by atoms with van der Waals surface area (Å²) in [5.74, 6) is 0.357. The van der Waals surface area contributed by atoms with Crippen molar-refractivity contribution < 1.29 is 4.79 Å². The van der Waals surface area contributed by atoms with E-state index in [1.54, 1.807) is 0 Å². The molecule has 1 fully saturated rings. The summed E-state index contributed by atoms with van der Waals surface area (Å²) in [5.41, 5.74) is 0. The third-order valence-electron chi connectivity index (χ3n) is 2.27. The molecule has 1 saturated carbocycles. The second-order valence-corrected chi connectivity index (χ2v) is 3.91. The Kier molecular flexibility index (Phi) is 3.98. The molecule has 11 heavy (non-hydrogen) atoms. The number of ketones is 1. The molecule has 1 aliphatic rings. The summed E-state index contributed by atoms with van der Waals surface area (Å²) in [4.78, 5) is 11.2. The molecule has 2 heteroatoms. The summed E-state index contributed by atoms with van der Waals surface area (Å²) in [7, 11) is 0. The number of carbonyl (C=O) groups excluding carboxylic acids is 1. The fourth-order valence-electron chi connectivity index (χ4n) is 1.49. The number of hydrogen-bond donors (Lipinski definition) is 1. The second kappa shape index (κ2) is 4.81. The molecule has 0 saturated heterocycles. The van der Waals surface area contributed by atoms with Crippen molar-refractivity contribution in [2.75, 3.05) is 0 Å². The van der Waals surface area contributed by atoms with Crippen molar-refractivity contribution >= 4 is 18.4 Å². The molecule has 0 bridgehead atoms. The predicted molar refractivity (Wildman–Crippen MR) is 50.1 cm³/mol. The Balaban J connectivity index is 2.35. The molecular formula is C9H16OS. The largest absolute Gasteiger partial charge is 0.298 e. The highest BCUT2D eigenvalue weighted by atomic mass is 32.1. The van der Waals surface area contributed by atoms with Crippen molar-refractivity contribution in [2.24, 2.45) is 0 Å². The average Bonchev–Trinajstić information content (AvgIpc) is 2.07. The molecule has 1 atom stereocenters. The molecule has 1 rings (SSSR count). The van der Waals surface area contributed by atoms with Crippen molar-refractivity contribution in [1.82, 2.24) is 0 Å². The highest BCUT2D eigenvalue weighted by Crippen LogP contribution is 2.17. The molecule has 1 nitrogen and oxygen atoms in total. The normalized spacial score (nSPS) is 28.8. The van der Waals surface area contributed by atoms with E-state index in [0.717, 1.165) is 19.3 Å². The maximum Gasteiger partial charge on any atom is 0.145 e. The summed E-state index contributed by atoms with van der Waals surface area (Å²) in [6, 6.07) is 0. The smallest absolute Gasteiger partial charge is 0.145 e. The maximum absolute atomic E-state index is 11.2. The van der Waals surface area contributed by atoms with Gasteiger partial charge in [0.25, 0.3) is 0 Å². The van der Waals surface area contributed by atoms with Gasteiger partial charge < -0.3 is 0 Å². The van der Waals surface area contributed by atoms with E-state index in [9.17, 15) is 4.79 Å². The lowest BCUT2D eigenvalue weighted by atomic mass is 10.1. The van der Waals surface area contributed by atoms with Crippen LogP contribution in [0.4, 0.5) is 0 Å². The average molecular weight is 172 g/mol. The molecule has 64 valence electrons.